The van der Waals surface area contributed by atoms with Gasteiger partial charge in [0.15, 0.2) is 5.17 Å². The van der Waals surface area contributed by atoms with Gasteiger partial charge in [-0.2, -0.15) is 5.10 Å². The van der Waals surface area contributed by atoms with Crippen LogP contribution in [0.3, 0.4) is 0 Å². The van der Waals surface area contributed by atoms with E-state index in [1.807, 2.05) is 50.2 Å². The third-order valence-corrected chi connectivity index (χ3v) is 5.57. The highest BCUT2D eigenvalue weighted by atomic mass is 32.2. The summed E-state index contributed by atoms with van der Waals surface area (Å²) < 4.78 is 10.6. The maximum absolute atomic E-state index is 12.6. The summed E-state index contributed by atoms with van der Waals surface area (Å²) in [7, 11) is 3.20. The molecule has 28 heavy (non-hydrogen) atoms. The number of aryl methyl sites for hydroxylation is 1. The summed E-state index contributed by atoms with van der Waals surface area (Å²) in [5.41, 5.74) is 3.02. The third-order valence-electron chi connectivity index (χ3n) is 4.50. The standard InChI is InChI=1S/C21H23N3O3S/c1-14-7-5-6-8-17(14)13-24-20(25)15(2)28-21(24)23-22-12-16-9-10-18(26-3)11-19(16)27-4/h5-12,15H,13H2,1-4H3/b22-12+,23-21-. The van der Waals surface area contributed by atoms with E-state index in [0.29, 0.717) is 23.2 Å². The molecule has 3 rings (SSSR count). The molecule has 0 radical (unpaired) electrons. The number of hydrogen-bond donors (Lipinski definition) is 0. The van der Waals surface area contributed by atoms with Crippen LogP contribution in [0, 0.1) is 6.92 Å². The van der Waals surface area contributed by atoms with Crippen LogP contribution in [0.5, 0.6) is 11.5 Å². The summed E-state index contributed by atoms with van der Waals surface area (Å²) in [6.07, 6.45) is 1.62. The first kappa shape index (κ1) is 19.9. The molecule has 0 N–H and O–H groups in total. The minimum Gasteiger partial charge on any atom is -0.497 e. The first-order valence-corrected chi connectivity index (χ1v) is 9.77. The molecule has 2 aromatic carbocycles. The fourth-order valence-electron chi connectivity index (χ4n) is 2.83. The second kappa shape index (κ2) is 8.93. The molecule has 6 nitrogen and oxygen atoms in total. The zero-order chi connectivity index (χ0) is 20.1. The molecule has 1 aliphatic heterocycles. The van der Waals surface area contributed by atoms with Crippen molar-refractivity contribution >= 4 is 29.1 Å². The number of methoxy groups -OCH3 is 2. The number of carbonyl (C=O) groups is 1. The number of benzene rings is 2. The monoisotopic (exact) mass is 397 g/mol. The van der Waals surface area contributed by atoms with E-state index < -0.39 is 0 Å². The van der Waals surface area contributed by atoms with Crippen LogP contribution in [-0.4, -0.2) is 41.7 Å². The highest BCUT2D eigenvalue weighted by Gasteiger charge is 2.35. The number of ether oxygens (including phenoxy) is 2. The molecule has 2 aromatic rings. The van der Waals surface area contributed by atoms with E-state index in [1.54, 1.807) is 31.4 Å². The van der Waals surface area contributed by atoms with Crippen LogP contribution in [0.15, 0.2) is 52.7 Å². The van der Waals surface area contributed by atoms with E-state index >= 15 is 0 Å². The maximum Gasteiger partial charge on any atom is 0.242 e. The van der Waals surface area contributed by atoms with Gasteiger partial charge in [-0.1, -0.05) is 36.0 Å². The second-order valence-electron chi connectivity index (χ2n) is 6.35. The van der Waals surface area contributed by atoms with Crippen molar-refractivity contribution in [2.24, 2.45) is 10.2 Å². The van der Waals surface area contributed by atoms with E-state index in [2.05, 4.69) is 10.2 Å². The average Bonchev–Trinajstić information content (AvgIpc) is 2.97. The van der Waals surface area contributed by atoms with Gasteiger partial charge in [0.05, 0.1) is 32.2 Å². The maximum atomic E-state index is 12.6. The van der Waals surface area contributed by atoms with Crippen molar-refractivity contribution in [3.63, 3.8) is 0 Å². The van der Waals surface area contributed by atoms with Crippen molar-refractivity contribution in [1.82, 2.24) is 4.90 Å². The number of amides is 1. The van der Waals surface area contributed by atoms with Gasteiger partial charge in [-0.15, -0.1) is 5.10 Å². The molecule has 1 atom stereocenters. The molecule has 146 valence electrons. The Kier molecular flexibility index (Phi) is 6.36. The molecule has 0 bridgehead atoms. The minimum atomic E-state index is -0.173. The zero-order valence-corrected chi connectivity index (χ0v) is 17.2. The Morgan fingerprint density at radius 2 is 1.96 bits per heavy atom. The van der Waals surface area contributed by atoms with Crippen molar-refractivity contribution in [2.75, 3.05) is 14.2 Å². The predicted molar refractivity (Wildman–Crippen MR) is 113 cm³/mol. The molecule has 0 aromatic heterocycles. The van der Waals surface area contributed by atoms with E-state index in [-0.39, 0.29) is 11.2 Å². The Hall–Kier alpha value is -2.80. The molecule has 0 saturated carbocycles. The normalized spacial score (nSPS) is 18.3. The fourth-order valence-corrected chi connectivity index (χ4v) is 3.75. The summed E-state index contributed by atoms with van der Waals surface area (Å²) in [5, 5.41) is 8.94. The van der Waals surface area contributed by atoms with Crippen molar-refractivity contribution in [2.45, 2.75) is 25.6 Å². The summed E-state index contributed by atoms with van der Waals surface area (Å²) in [6, 6.07) is 13.5. The van der Waals surface area contributed by atoms with E-state index in [4.69, 9.17) is 9.47 Å². The molecular formula is C21H23N3O3S. The zero-order valence-electron chi connectivity index (χ0n) is 16.4. The number of nitrogens with zero attached hydrogens (tertiary/aromatic N) is 3. The molecule has 0 aliphatic carbocycles. The summed E-state index contributed by atoms with van der Waals surface area (Å²) in [4.78, 5) is 14.3. The molecule has 0 spiro atoms. The molecular weight excluding hydrogens is 374 g/mol. The van der Waals surface area contributed by atoms with Gasteiger partial charge >= 0.3 is 0 Å². The van der Waals surface area contributed by atoms with Gasteiger partial charge < -0.3 is 9.47 Å². The molecule has 1 fully saturated rings. The number of amidine groups is 1. The van der Waals surface area contributed by atoms with Gasteiger partial charge in [0, 0.05) is 11.6 Å². The minimum absolute atomic E-state index is 0.0456. The Balaban J connectivity index is 1.82. The van der Waals surface area contributed by atoms with Gasteiger partial charge in [0.2, 0.25) is 5.91 Å². The summed E-state index contributed by atoms with van der Waals surface area (Å²) in [5.74, 6) is 1.39. The SMILES string of the molecule is COc1ccc(/C=N/N=C2\SC(C)C(=O)N2Cc2ccccc2C)c(OC)c1. The van der Waals surface area contributed by atoms with E-state index in [9.17, 15) is 4.79 Å². The molecule has 1 saturated heterocycles. The van der Waals surface area contributed by atoms with Crippen LogP contribution < -0.4 is 9.47 Å². The van der Waals surface area contributed by atoms with E-state index in [0.717, 1.165) is 16.7 Å². The largest absolute Gasteiger partial charge is 0.497 e. The van der Waals surface area contributed by atoms with Gasteiger partial charge in [-0.3, -0.25) is 9.69 Å². The lowest BCUT2D eigenvalue weighted by atomic mass is 10.1. The van der Waals surface area contributed by atoms with Crippen molar-refractivity contribution < 1.29 is 14.3 Å². The third kappa shape index (κ3) is 4.36. The Morgan fingerprint density at radius 1 is 1.18 bits per heavy atom. The molecule has 1 heterocycles. The lowest BCUT2D eigenvalue weighted by Crippen LogP contribution is -2.31. The first-order valence-electron chi connectivity index (χ1n) is 8.89. The van der Waals surface area contributed by atoms with Gasteiger partial charge in [-0.05, 0) is 37.1 Å². The highest BCUT2D eigenvalue weighted by Crippen LogP contribution is 2.29. The van der Waals surface area contributed by atoms with Crippen molar-refractivity contribution in [3.05, 3.63) is 59.2 Å². The van der Waals surface area contributed by atoms with Crippen molar-refractivity contribution in [3.8, 4) is 11.5 Å². The van der Waals surface area contributed by atoms with Gasteiger partial charge in [0.25, 0.3) is 0 Å². The topological polar surface area (TPSA) is 63.5 Å². The van der Waals surface area contributed by atoms with Crippen LogP contribution in [0.2, 0.25) is 0 Å². The van der Waals surface area contributed by atoms with Crippen LogP contribution in [-0.2, 0) is 11.3 Å². The average molecular weight is 398 g/mol. The Labute approximate surface area is 169 Å². The predicted octanol–water partition coefficient (Wildman–Crippen LogP) is 3.87. The number of thioether (sulfide) groups is 1. The Bertz CT molecular complexity index is 927. The Morgan fingerprint density at radius 3 is 2.68 bits per heavy atom. The lowest BCUT2D eigenvalue weighted by molar-refractivity contribution is -0.126. The van der Waals surface area contributed by atoms with Crippen molar-refractivity contribution in [1.29, 1.82) is 0 Å². The molecule has 7 heteroatoms. The fraction of sp³-hybridized carbons (Fsp3) is 0.286. The van der Waals surface area contributed by atoms with Gasteiger partial charge in [-0.25, -0.2) is 0 Å². The van der Waals surface area contributed by atoms with Crippen LogP contribution in [0.4, 0.5) is 0 Å². The number of rotatable bonds is 6. The van der Waals surface area contributed by atoms with E-state index in [1.165, 1.54) is 11.8 Å². The molecule has 1 amide bonds. The lowest BCUT2D eigenvalue weighted by Gasteiger charge is -2.16. The van der Waals surface area contributed by atoms with Crippen LogP contribution >= 0.6 is 11.8 Å². The van der Waals surface area contributed by atoms with Gasteiger partial charge in [0.1, 0.15) is 11.5 Å². The number of hydrogen-bond acceptors (Lipinski definition) is 6. The summed E-state index contributed by atoms with van der Waals surface area (Å²) >= 11 is 1.42. The molecule has 1 unspecified atom stereocenters. The summed E-state index contributed by atoms with van der Waals surface area (Å²) in [6.45, 7) is 4.41. The smallest absolute Gasteiger partial charge is 0.242 e. The van der Waals surface area contributed by atoms with Crippen LogP contribution in [0.1, 0.15) is 23.6 Å². The molecule has 1 aliphatic rings. The highest BCUT2D eigenvalue weighted by molar-refractivity contribution is 8.15. The quantitative estimate of drug-likeness (QED) is 0.548. The first-order chi connectivity index (χ1) is 13.5. The number of carbonyl (C=O) groups excluding carboxylic acids is 1. The van der Waals surface area contributed by atoms with Crippen LogP contribution in [0.25, 0.3) is 0 Å². The second-order valence-corrected chi connectivity index (χ2v) is 7.65.